The summed E-state index contributed by atoms with van der Waals surface area (Å²) >= 11 is 0. The molecule has 0 fully saturated rings. The van der Waals surface area contributed by atoms with Gasteiger partial charge in [-0.2, -0.15) is 5.26 Å². The fourth-order valence-electron chi connectivity index (χ4n) is 1.61. The average Bonchev–Trinajstić information content (AvgIpc) is 2.38. The molecule has 0 aliphatic heterocycles. The Balaban J connectivity index is 2.25. The van der Waals surface area contributed by atoms with Crippen molar-refractivity contribution in [3.8, 4) is 11.8 Å². The lowest BCUT2D eigenvalue weighted by molar-refractivity contribution is 0.467. The molecule has 0 heterocycles. The van der Waals surface area contributed by atoms with Gasteiger partial charge >= 0.3 is 0 Å². The third kappa shape index (κ3) is 2.56. The number of para-hydroxylation sites is 2. The van der Waals surface area contributed by atoms with Crippen LogP contribution in [-0.4, -0.2) is 5.11 Å². The van der Waals surface area contributed by atoms with Crippen LogP contribution >= 0.6 is 0 Å². The minimum atomic E-state index is -0.557. The van der Waals surface area contributed by atoms with Crippen LogP contribution in [0.4, 0.5) is 5.69 Å². The summed E-state index contributed by atoms with van der Waals surface area (Å²) in [5.74, 6) is 0.127. The van der Waals surface area contributed by atoms with Crippen LogP contribution < -0.4 is 5.32 Å². The first-order valence-electron chi connectivity index (χ1n) is 5.30. The Morgan fingerprint density at radius 2 is 1.65 bits per heavy atom. The van der Waals surface area contributed by atoms with Crippen molar-refractivity contribution in [2.45, 2.75) is 6.04 Å². The molecule has 0 saturated carbocycles. The molecule has 3 heteroatoms. The number of hydrogen-bond donors (Lipinski definition) is 2. The van der Waals surface area contributed by atoms with Crippen LogP contribution in [0.25, 0.3) is 0 Å². The lowest BCUT2D eigenvalue weighted by Crippen LogP contribution is -2.08. The lowest BCUT2D eigenvalue weighted by atomic mass is 10.1. The standard InChI is InChI=1S/C14H12N2O/c15-10-13(12-8-4-5-9-14(12)17)16-11-6-2-1-3-7-11/h1-9,13,16-17H. The van der Waals surface area contributed by atoms with E-state index in [0.717, 1.165) is 5.69 Å². The summed E-state index contributed by atoms with van der Waals surface area (Å²) in [6.07, 6.45) is 0. The number of rotatable bonds is 3. The van der Waals surface area contributed by atoms with Crippen molar-refractivity contribution in [2.75, 3.05) is 5.32 Å². The van der Waals surface area contributed by atoms with Crippen LogP contribution in [0.5, 0.6) is 5.75 Å². The summed E-state index contributed by atoms with van der Waals surface area (Å²) < 4.78 is 0. The quantitative estimate of drug-likeness (QED) is 0.842. The van der Waals surface area contributed by atoms with E-state index in [4.69, 9.17) is 5.26 Å². The number of phenolic OH excluding ortho intramolecular Hbond substituents is 1. The molecule has 0 aliphatic carbocycles. The molecule has 0 amide bonds. The van der Waals surface area contributed by atoms with Gasteiger partial charge in [-0.25, -0.2) is 0 Å². The van der Waals surface area contributed by atoms with Crippen molar-refractivity contribution in [3.63, 3.8) is 0 Å². The fourth-order valence-corrected chi connectivity index (χ4v) is 1.61. The Hall–Kier alpha value is -2.47. The summed E-state index contributed by atoms with van der Waals surface area (Å²) in [5, 5.41) is 21.9. The number of nitriles is 1. The molecule has 2 aromatic carbocycles. The Kier molecular flexibility index (Phi) is 3.27. The van der Waals surface area contributed by atoms with Crippen molar-refractivity contribution < 1.29 is 5.11 Å². The summed E-state index contributed by atoms with van der Waals surface area (Å²) in [4.78, 5) is 0. The molecule has 3 nitrogen and oxygen atoms in total. The van der Waals surface area contributed by atoms with Gasteiger partial charge in [-0.3, -0.25) is 0 Å². The summed E-state index contributed by atoms with van der Waals surface area (Å²) in [6.45, 7) is 0. The van der Waals surface area contributed by atoms with Crippen molar-refractivity contribution >= 4 is 5.69 Å². The summed E-state index contributed by atoms with van der Waals surface area (Å²) in [7, 11) is 0. The van der Waals surface area contributed by atoms with Crippen molar-refractivity contribution in [1.29, 1.82) is 5.26 Å². The van der Waals surface area contributed by atoms with E-state index < -0.39 is 6.04 Å². The molecular formula is C14H12N2O. The van der Waals surface area contributed by atoms with E-state index in [0.29, 0.717) is 5.56 Å². The molecule has 2 aromatic rings. The van der Waals surface area contributed by atoms with Crippen LogP contribution in [0.3, 0.4) is 0 Å². The van der Waals surface area contributed by atoms with Crippen molar-refractivity contribution in [2.24, 2.45) is 0 Å². The number of aromatic hydroxyl groups is 1. The smallest absolute Gasteiger partial charge is 0.143 e. The van der Waals surface area contributed by atoms with E-state index in [2.05, 4.69) is 11.4 Å². The molecule has 84 valence electrons. The number of anilines is 1. The van der Waals surface area contributed by atoms with Crippen LogP contribution in [0.1, 0.15) is 11.6 Å². The maximum atomic E-state index is 9.70. The first-order chi connectivity index (χ1) is 8.31. The number of phenols is 1. The van der Waals surface area contributed by atoms with Gasteiger partial charge in [0.2, 0.25) is 0 Å². The number of nitrogens with one attached hydrogen (secondary N) is 1. The minimum absolute atomic E-state index is 0.127. The van der Waals surface area contributed by atoms with Gasteiger partial charge < -0.3 is 10.4 Å². The molecule has 0 aliphatic rings. The predicted molar refractivity (Wildman–Crippen MR) is 66.5 cm³/mol. The number of nitrogens with zero attached hydrogens (tertiary/aromatic N) is 1. The third-order valence-corrected chi connectivity index (χ3v) is 2.46. The van der Waals surface area contributed by atoms with E-state index >= 15 is 0 Å². The molecule has 0 spiro atoms. The van der Waals surface area contributed by atoms with Crippen LogP contribution in [0.2, 0.25) is 0 Å². The van der Waals surface area contributed by atoms with Gasteiger partial charge in [0.25, 0.3) is 0 Å². The Morgan fingerprint density at radius 1 is 1.00 bits per heavy atom. The number of hydrogen-bond acceptors (Lipinski definition) is 3. The average molecular weight is 224 g/mol. The zero-order valence-electron chi connectivity index (χ0n) is 9.17. The van der Waals surface area contributed by atoms with Gasteiger partial charge in [-0.05, 0) is 18.2 Å². The van der Waals surface area contributed by atoms with Gasteiger partial charge in [0.1, 0.15) is 11.8 Å². The Labute approximate surface area is 100.0 Å². The largest absolute Gasteiger partial charge is 0.508 e. The summed E-state index contributed by atoms with van der Waals surface area (Å²) in [6, 6.07) is 17.9. The number of benzene rings is 2. The van der Waals surface area contributed by atoms with E-state index in [9.17, 15) is 5.11 Å². The molecular weight excluding hydrogens is 212 g/mol. The zero-order valence-corrected chi connectivity index (χ0v) is 9.17. The predicted octanol–water partition coefficient (Wildman–Crippen LogP) is 3.07. The monoisotopic (exact) mass is 224 g/mol. The fraction of sp³-hybridized carbons (Fsp3) is 0.0714. The van der Waals surface area contributed by atoms with Crippen LogP contribution in [0.15, 0.2) is 54.6 Å². The van der Waals surface area contributed by atoms with E-state index in [1.807, 2.05) is 30.3 Å². The van der Waals surface area contributed by atoms with Crippen LogP contribution in [0, 0.1) is 11.3 Å². The van der Waals surface area contributed by atoms with Gasteiger partial charge in [0.15, 0.2) is 0 Å². The first kappa shape index (κ1) is 11.0. The molecule has 1 atom stereocenters. The highest BCUT2D eigenvalue weighted by molar-refractivity contribution is 5.49. The minimum Gasteiger partial charge on any atom is -0.508 e. The lowest BCUT2D eigenvalue weighted by Gasteiger charge is -2.14. The SMILES string of the molecule is N#CC(Nc1ccccc1)c1ccccc1O. The molecule has 17 heavy (non-hydrogen) atoms. The Morgan fingerprint density at radius 3 is 2.29 bits per heavy atom. The molecule has 0 radical (unpaired) electrons. The van der Waals surface area contributed by atoms with E-state index in [1.165, 1.54) is 0 Å². The molecule has 2 rings (SSSR count). The van der Waals surface area contributed by atoms with Gasteiger partial charge in [-0.15, -0.1) is 0 Å². The second-order valence-electron chi connectivity index (χ2n) is 3.63. The highest BCUT2D eigenvalue weighted by Crippen LogP contribution is 2.26. The maximum absolute atomic E-state index is 9.70. The topological polar surface area (TPSA) is 56.0 Å². The van der Waals surface area contributed by atoms with E-state index in [-0.39, 0.29) is 5.75 Å². The molecule has 0 bridgehead atoms. The molecule has 0 saturated heterocycles. The van der Waals surface area contributed by atoms with Gasteiger partial charge in [0.05, 0.1) is 6.07 Å². The second-order valence-corrected chi connectivity index (χ2v) is 3.63. The third-order valence-electron chi connectivity index (χ3n) is 2.46. The van der Waals surface area contributed by atoms with Crippen molar-refractivity contribution in [1.82, 2.24) is 0 Å². The van der Waals surface area contributed by atoms with Gasteiger partial charge in [-0.1, -0.05) is 36.4 Å². The van der Waals surface area contributed by atoms with E-state index in [1.54, 1.807) is 24.3 Å². The zero-order chi connectivity index (χ0) is 12.1. The Bertz CT molecular complexity index is 531. The highest BCUT2D eigenvalue weighted by Gasteiger charge is 2.13. The normalized spacial score (nSPS) is 11.5. The van der Waals surface area contributed by atoms with Crippen molar-refractivity contribution in [3.05, 3.63) is 60.2 Å². The van der Waals surface area contributed by atoms with Crippen LogP contribution in [-0.2, 0) is 0 Å². The highest BCUT2D eigenvalue weighted by atomic mass is 16.3. The maximum Gasteiger partial charge on any atom is 0.143 e. The summed E-state index contributed by atoms with van der Waals surface area (Å²) in [5.41, 5.74) is 1.43. The first-order valence-corrected chi connectivity index (χ1v) is 5.30. The second kappa shape index (κ2) is 5.04. The molecule has 2 N–H and O–H groups in total. The molecule has 0 aromatic heterocycles. The molecule has 1 unspecified atom stereocenters. The van der Waals surface area contributed by atoms with Gasteiger partial charge in [0, 0.05) is 11.3 Å².